The number of carbonyl (C=O) groups is 1. The Kier molecular flexibility index (Phi) is 10.3. The van der Waals surface area contributed by atoms with Crippen LogP contribution in [0.3, 0.4) is 0 Å². The van der Waals surface area contributed by atoms with Crippen molar-refractivity contribution in [1.82, 2.24) is 0 Å². The third-order valence-electron chi connectivity index (χ3n) is 0.471. The third-order valence-corrected chi connectivity index (χ3v) is 0.625. The standard InChI is InChI=1S/C4H5Cl.C4H6O2/c1-3-4(2)5;1-3-6-4(2)5/h3H,1-2H2;3H,1H2,2H3. The lowest BCUT2D eigenvalue weighted by atomic mass is 10.6. The molecule has 0 aromatic heterocycles. The molecular weight excluding hydrogens is 164 g/mol. The van der Waals surface area contributed by atoms with E-state index in [0.29, 0.717) is 5.03 Å². The maximum Gasteiger partial charge on any atom is 0.307 e. The molecule has 0 aromatic rings. The summed E-state index contributed by atoms with van der Waals surface area (Å²) >= 11 is 5.15. The average molecular weight is 175 g/mol. The van der Waals surface area contributed by atoms with Crippen molar-refractivity contribution in [1.29, 1.82) is 0 Å². The van der Waals surface area contributed by atoms with E-state index in [0.717, 1.165) is 6.26 Å². The Hall–Kier alpha value is -1.02. The topological polar surface area (TPSA) is 26.3 Å². The zero-order valence-electron chi connectivity index (χ0n) is 6.47. The number of allylic oxidation sites excluding steroid dienone is 2. The quantitative estimate of drug-likeness (QED) is 0.366. The summed E-state index contributed by atoms with van der Waals surface area (Å²) in [5.74, 6) is -0.329. The van der Waals surface area contributed by atoms with E-state index in [4.69, 9.17) is 11.6 Å². The first-order chi connectivity index (χ1) is 5.04. The summed E-state index contributed by atoms with van der Waals surface area (Å²) in [6.45, 7) is 11.1. The van der Waals surface area contributed by atoms with E-state index in [-0.39, 0.29) is 5.97 Å². The van der Waals surface area contributed by atoms with Crippen LogP contribution in [-0.4, -0.2) is 5.97 Å². The van der Waals surface area contributed by atoms with E-state index < -0.39 is 0 Å². The summed E-state index contributed by atoms with van der Waals surface area (Å²) in [6, 6.07) is 0. The van der Waals surface area contributed by atoms with Gasteiger partial charge < -0.3 is 4.74 Å². The van der Waals surface area contributed by atoms with Crippen LogP contribution in [0.25, 0.3) is 0 Å². The molecule has 0 amide bonds. The van der Waals surface area contributed by atoms with Gasteiger partial charge in [-0.15, -0.1) is 0 Å². The van der Waals surface area contributed by atoms with Gasteiger partial charge in [-0.2, -0.15) is 0 Å². The van der Waals surface area contributed by atoms with Crippen LogP contribution in [-0.2, 0) is 9.53 Å². The number of ether oxygens (including phenoxy) is 1. The van der Waals surface area contributed by atoms with Gasteiger partial charge in [0.2, 0.25) is 0 Å². The number of hydrogen-bond acceptors (Lipinski definition) is 2. The highest BCUT2D eigenvalue weighted by molar-refractivity contribution is 6.30. The second-order valence-electron chi connectivity index (χ2n) is 1.43. The molecule has 0 spiro atoms. The molecule has 11 heavy (non-hydrogen) atoms. The maximum atomic E-state index is 9.75. The summed E-state index contributed by atoms with van der Waals surface area (Å²) < 4.78 is 4.17. The highest BCUT2D eigenvalue weighted by Gasteiger charge is 1.79. The molecule has 0 fully saturated rings. The Labute approximate surface area is 71.8 Å². The first kappa shape index (κ1) is 12.6. The number of esters is 1. The van der Waals surface area contributed by atoms with E-state index in [9.17, 15) is 4.79 Å². The molecule has 0 saturated carbocycles. The molecule has 0 rings (SSSR count). The maximum absolute atomic E-state index is 9.75. The highest BCUT2D eigenvalue weighted by atomic mass is 35.5. The average Bonchev–Trinajstić information content (AvgIpc) is 1.89. The summed E-state index contributed by atoms with van der Waals surface area (Å²) in [5, 5.41) is 0.491. The molecule has 0 unspecified atom stereocenters. The van der Waals surface area contributed by atoms with Gasteiger partial charge in [-0.25, -0.2) is 0 Å². The Morgan fingerprint density at radius 3 is 1.91 bits per heavy atom. The predicted molar refractivity (Wildman–Crippen MR) is 47.2 cm³/mol. The van der Waals surface area contributed by atoms with Gasteiger partial charge in [0.05, 0.1) is 6.26 Å². The smallest absolute Gasteiger partial charge is 0.307 e. The van der Waals surface area contributed by atoms with Crippen molar-refractivity contribution in [2.75, 3.05) is 0 Å². The molecule has 0 aliphatic heterocycles. The van der Waals surface area contributed by atoms with E-state index in [2.05, 4.69) is 24.5 Å². The SMILES string of the molecule is C=CC(=C)Cl.C=COC(C)=O. The summed E-state index contributed by atoms with van der Waals surface area (Å²) in [5.41, 5.74) is 0. The third kappa shape index (κ3) is 27.6. The van der Waals surface area contributed by atoms with Crippen molar-refractivity contribution in [3.05, 3.63) is 37.1 Å². The zero-order chi connectivity index (χ0) is 9.28. The van der Waals surface area contributed by atoms with Crippen molar-refractivity contribution in [2.24, 2.45) is 0 Å². The van der Waals surface area contributed by atoms with Crippen molar-refractivity contribution in [3.63, 3.8) is 0 Å². The molecule has 0 atom stereocenters. The second kappa shape index (κ2) is 8.98. The van der Waals surface area contributed by atoms with E-state index in [1.165, 1.54) is 13.0 Å². The molecule has 0 saturated heterocycles. The largest absolute Gasteiger partial charge is 0.435 e. The van der Waals surface area contributed by atoms with Gasteiger partial charge in [0.25, 0.3) is 0 Å². The van der Waals surface area contributed by atoms with E-state index >= 15 is 0 Å². The van der Waals surface area contributed by atoms with Crippen LogP contribution in [0.5, 0.6) is 0 Å². The van der Waals surface area contributed by atoms with Crippen molar-refractivity contribution in [3.8, 4) is 0 Å². The zero-order valence-corrected chi connectivity index (χ0v) is 7.23. The molecule has 2 nitrogen and oxygen atoms in total. The number of rotatable bonds is 2. The minimum atomic E-state index is -0.329. The molecular formula is C8H11ClO2. The molecule has 0 radical (unpaired) electrons. The fraction of sp³-hybridized carbons (Fsp3) is 0.125. The fourth-order valence-corrected chi connectivity index (χ4v) is 0.117. The first-order valence-corrected chi connectivity index (χ1v) is 3.17. The normalized spacial score (nSPS) is 6.73. The lowest BCUT2D eigenvalue weighted by Crippen LogP contribution is -1.87. The lowest BCUT2D eigenvalue weighted by Gasteiger charge is -1.83. The van der Waals surface area contributed by atoms with Gasteiger partial charge in [0, 0.05) is 12.0 Å². The predicted octanol–water partition coefficient (Wildman–Crippen LogP) is 2.62. The van der Waals surface area contributed by atoms with Crippen LogP contribution in [0.2, 0.25) is 0 Å². The van der Waals surface area contributed by atoms with Gasteiger partial charge in [-0.3, -0.25) is 4.79 Å². The van der Waals surface area contributed by atoms with Crippen LogP contribution in [0, 0.1) is 0 Å². The number of halogens is 1. The molecule has 3 heteroatoms. The molecule has 0 aliphatic rings. The molecule has 62 valence electrons. The van der Waals surface area contributed by atoms with Crippen LogP contribution in [0.15, 0.2) is 37.1 Å². The van der Waals surface area contributed by atoms with E-state index in [1.54, 1.807) is 0 Å². The Morgan fingerprint density at radius 1 is 1.55 bits per heavy atom. The van der Waals surface area contributed by atoms with Gasteiger partial charge in [0.15, 0.2) is 0 Å². The van der Waals surface area contributed by atoms with Crippen molar-refractivity contribution < 1.29 is 9.53 Å². The first-order valence-electron chi connectivity index (χ1n) is 2.79. The molecule has 0 aliphatic carbocycles. The molecule has 0 N–H and O–H groups in total. The van der Waals surface area contributed by atoms with Gasteiger partial charge in [-0.05, 0) is 0 Å². The van der Waals surface area contributed by atoms with Crippen molar-refractivity contribution in [2.45, 2.75) is 6.92 Å². The minimum absolute atomic E-state index is 0.329. The molecule has 0 heterocycles. The molecule has 0 aromatic carbocycles. The van der Waals surface area contributed by atoms with Crippen LogP contribution >= 0.6 is 11.6 Å². The van der Waals surface area contributed by atoms with Crippen molar-refractivity contribution >= 4 is 17.6 Å². The highest BCUT2D eigenvalue weighted by Crippen LogP contribution is 1.92. The number of hydrogen-bond donors (Lipinski definition) is 0. The van der Waals surface area contributed by atoms with E-state index in [1.807, 2.05) is 0 Å². The Morgan fingerprint density at radius 2 is 1.91 bits per heavy atom. The minimum Gasteiger partial charge on any atom is -0.435 e. The van der Waals surface area contributed by atoms with Crippen LogP contribution < -0.4 is 0 Å². The monoisotopic (exact) mass is 174 g/mol. The molecule has 0 bridgehead atoms. The Bertz CT molecular complexity index is 161. The van der Waals surface area contributed by atoms with Crippen LogP contribution in [0.4, 0.5) is 0 Å². The fourth-order valence-electron chi connectivity index (χ4n) is 0.117. The summed E-state index contributed by atoms with van der Waals surface area (Å²) in [4.78, 5) is 9.75. The van der Waals surface area contributed by atoms with Gasteiger partial charge >= 0.3 is 5.97 Å². The number of carbonyl (C=O) groups excluding carboxylic acids is 1. The van der Waals surface area contributed by atoms with Crippen LogP contribution in [0.1, 0.15) is 6.92 Å². The second-order valence-corrected chi connectivity index (χ2v) is 1.91. The Balaban J connectivity index is 0. The van der Waals surface area contributed by atoms with Gasteiger partial charge in [0.1, 0.15) is 0 Å². The lowest BCUT2D eigenvalue weighted by molar-refractivity contribution is -0.135. The summed E-state index contributed by atoms with van der Waals surface area (Å²) in [7, 11) is 0. The van der Waals surface area contributed by atoms with Gasteiger partial charge in [-0.1, -0.05) is 37.4 Å². The summed E-state index contributed by atoms with van der Waals surface area (Å²) in [6.07, 6.45) is 2.59.